The van der Waals surface area contributed by atoms with E-state index in [0.29, 0.717) is 17.9 Å². The summed E-state index contributed by atoms with van der Waals surface area (Å²) in [6.45, 7) is 5.58. The number of rotatable bonds is 4. The van der Waals surface area contributed by atoms with Crippen LogP contribution in [0.15, 0.2) is 16.9 Å². The van der Waals surface area contributed by atoms with Gasteiger partial charge in [0.25, 0.3) is 5.91 Å². The molecule has 6 heteroatoms. The normalized spacial score (nSPS) is 12.4. The molecule has 2 heterocycles. The van der Waals surface area contributed by atoms with Crippen LogP contribution in [0.1, 0.15) is 34.6 Å². The molecule has 1 atom stereocenters. The predicted molar refractivity (Wildman–Crippen MR) is 65.2 cm³/mol. The van der Waals surface area contributed by atoms with Crippen LogP contribution in [0, 0.1) is 13.8 Å². The summed E-state index contributed by atoms with van der Waals surface area (Å²) >= 11 is 0. The van der Waals surface area contributed by atoms with Crippen molar-refractivity contribution in [2.75, 3.05) is 0 Å². The Morgan fingerprint density at radius 1 is 1.56 bits per heavy atom. The Kier molecular flexibility index (Phi) is 3.45. The highest BCUT2D eigenvalue weighted by molar-refractivity contribution is 5.93. The summed E-state index contributed by atoms with van der Waals surface area (Å²) < 4.78 is 5.00. The number of aryl methyl sites for hydroxylation is 2. The number of hydrogen-bond acceptors (Lipinski definition) is 4. The molecule has 1 amide bonds. The van der Waals surface area contributed by atoms with Gasteiger partial charge >= 0.3 is 0 Å². The van der Waals surface area contributed by atoms with E-state index in [9.17, 15) is 4.79 Å². The van der Waals surface area contributed by atoms with Crippen LogP contribution in [0.5, 0.6) is 0 Å². The van der Waals surface area contributed by atoms with Crippen LogP contribution in [-0.2, 0) is 6.42 Å². The van der Waals surface area contributed by atoms with Crippen LogP contribution >= 0.6 is 0 Å². The van der Waals surface area contributed by atoms with E-state index in [1.165, 1.54) is 6.39 Å². The maximum Gasteiger partial charge on any atom is 0.273 e. The lowest BCUT2D eigenvalue weighted by molar-refractivity contribution is 0.0934. The molecule has 0 aliphatic rings. The van der Waals surface area contributed by atoms with E-state index >= 15 is 0 Å². The molecule has 0 saturated carbocycles. The Morgan fingerprint density at radius 3 is 2.89 bits per heavy atom. The van der Waals surface area contributed by atoms with Crippen molar-refractivity contribution >= 4 is 5.91 Å². The fourth-order valence-corrected chi connectivity index (χ4v) is 1.76. The van der Waals surface area contributed by atoms with Gasteiger partial charge in [-0.1, -0.05) is 0 Å². The van der Waals surface area contributed by atoms with Crippen LogP contribution < -0.4 is 5.32 Å². The smallest absolute Gasteiger partial charge is 0.273 e. The van der Waals surface area contributed by atoms with Gasteiger partial charge in [-0.15, -0.1) is 0 Å². The largest absolute Gasteiger partial charge is 0.448 e. The van der Waals surface area contributed by atoms with Gasteiger partial charge in [0.15, 0.2) is 12.1 Å². The summed E-state index contributed by atoms with van der Waals surface area (Å²) in [5, 5.41) is 9.87. The van der Waals surface area contributed by atoms with Crippen LogP contribution in [0.2, 0.25) is 0 Å². The van der Waals surface area contributed by atoms with Crippen molar-refractivity contribution in [1.29, 1.82) is 0 Å². The standard InChI is InChI=1S/C12H16N4O2/c1-7(4-10-5-8(2)15-16-10)14-12(17)11-9(3)18-6-13-11/h5-7H,4H2,1-3H3,(H,14,17)(H,15,16). The van der Waals surface area contributed by atoms with Crippen LogP contribution in [0.3, 0.4) is 0 Å². The van der Waals surface area contributed by atoms with Crippen molar-refractivity contribution < 1.29 is 9.21 Å². The number of oxazole rings is 1. The van der Waals surface area contributed by atoms with Crippen LogP contribution in [0.4, 0.5) is 0 Å². The zero-order chi connectivity index (χ0) is 13.1. The molecule has 0 aliphatic carbocycles. The summed E-state index contributed by atoms with van der Waals surface area (Å²) in [5.74, 6) is 0.302. The Morgan fingerprint density at radius 2 is 2.33 bits per heavy atom. The lowest BCUT2D eigenvalue weighted by Gasteiger charge is -2.11. The first-order valence-electron chi connectivity index (χ1n) is 5.78. The minimum absolute atomic E-state index is 0.0173. The number of amides is 1. The second-order valence-corrected chi connectivity index (χ2v) is 4.38. The first-order chi connectivity index (χ1) is 8.56. The summed E-state index contributed by atoms with van der Waals surface area (Å²) in [5.41, 5.74) is 2.27. The van der Waals surface area contributed by atoms with Gasteiger partial charge in [-0.2, -0.15) is 5.10 Å². The van der Waals surface area contributed by atoms with Crippen molar-refractivity contribution in [3.63, 3.8) is 0 Å². The van der Waals surface area contributed by atoms with Gasteiger partial charge < -0.3 is 9.73 Å². The number of carbonyl (C=O) groups excluding carboxylic acids is 1. The molecule has 0 radical (unpaired) electrons. The molecule has 2 rings (SSSR count). The Bertz CT molecular complexity index is 544. The summed E-state index contributed by atoms with van der Waals surface area (Å²) in [7, 11) is 0. The molecule has 0 saturated heterocycles. The topological polar surface area (TPSA) is 83.8 Å². The Labute approximate surface area is 105 Å². The second-order valence-electron chi connectivity index (χ2n) is 4.38. The third-order valence-corrected chi connectivity index (χ3v) is 2.61. The van der Waals surface area contributed by atoms with Crippen molar-refractivity contribution in [2.24, 2.45) is 0 Å². The van der Waals surface area contributed by atoms with E-state index in [0.717, 1.165) is 11.4 Å². The van der Waals surface area contributed by atoms with Gasteiger partial charge in [0, 0.05) is 18.2 Å². The third-order valence-electron chi connectivity index (χ3n) is 2.61. The molecule has 0 bridgehead atoms. The number of carbonyl (C=O) groups is 1. The van der Waals surface area contributed by atoms with Crippen molar-refractivity contribution in [3.05, 3.63) is 35.3 Å². The van der Waals surface area contributed by atoms with Crippen molar-refractivity contribution in [2.45, 2.75) is 33.2 Å². The van der Waals surface area contributed by atoms with Gasteiger partial charge in [-0.05, 0) is 26.8 Å². The first kappa shape index (κ1) is 12.3. The summed E-state index contributed by atoms with van der Waals surface area (Å²) in [6.07, 6.45) is 1.94. The SMILES string of the molecule is Cc1cc(CC(C)NC(=O)c2ncoc2C)n[nH]1. The molecular weight excluding hydrogens is 232 g/mol. The fourth-order valence-electron chi connectivity index (χ4n) is 1.76. The molecule has 2 N–H and O–H groups in total. The molecule has 0 aromatic carbocycles. The van der Waals surface area contributed by atoms with Gasteiger partial charge in [-0.3, -0.25) is 9.89 Å². The number of hydrogen-bond donors (Lipinski definition) is 2. The lowest BCUT2D eigenvalue weighted by Crippen LogP contribution is -2.34. The van der Waals surface area contributed by atoms with Crippen LogP contribution in [0.25, 0.3) is 0 Å². The van der Waals surface area contributed by atoms with E-state index in [2.05, 4.69) is 20.5 Å². The highest BCUT2D eigenvalue weighted by Crippen LogP contribution is 2.06. The zero-order valence-corrected chi connectivity index (χ0v) is 10.7. The number of aromatic amines is 1. The van der Waals surface area contributed by atoms with E-state index in [4.69, 9.17) is 4.42 Å². The van der Waals surface area contributed by atoms with E-state index in [1.807, 2.05) is 19.9 Å². The van der Waals surface area contributed by atoms with Gasteiger partial charge in [0.05, 0.1) is 5.69 Å². The van der Waals surface area contributed by atoms with E-state index in [1.54, 1.807) is 6.92 Å². The molecule has 18 heavy (non-hydrogen) atoms. The van der Waals surface area contributed by atoms with Gasteiger partial charge in [0.2, 0.25) is 0 Å². The van der Waals surface area contributed by atoms with Gasteiger partial charge in [0.1, 0.15) is 5.76 Å². The molecule has 2 aromatic heterocycles. The number of H-pyrrole nitrogens is 1. The van der Waals surface area contributed by atoms with Gasteiger partial charge in [-0.25, -0.2) is 4.98 Å². The first-order valence-corrected chi connectivity index (χ1v) is 5.78. The monoisotopic (exact) mass is 248 g/mol. The summed E-state index contributed by atoms with van der Waals surface area (Å²) in [4.78, 5) is 15.8. The Hall–Kier alpha value is -2.11. The molecule has 1 unspecified atom stereocenters. The zero-order valence-electron chi connectivity index (χ0n) is 10.7. The fraction of sp³-hybridized carbons (Fsp3) is 0.417. The maximum absolute atomic E-state index is 11.9. The van der Waals surface area contributed by atoms with Crippen LogP contribution in [-0.4, -0.2) is 27.1 Å². The van der Waals surface area contributed by atoms with Crippen molar-refractivity contribution in [3.8, 4) is 0 Å². The lowest BCUT2D eigenvalue weighted by atomic mass is 10.1. The molecular formula is C12H16N4O2. The Balaban J connectivity index is 1.93. The second kappa shape index (κ2) is 5.03. The predicted octanol–water partition coefficient (Wildman–Crippen LogP) is 1.38. The maximum atomic E-state index is 11.9. The van der Waals surface area contributed by atoms with E-state index < -0.39 is 0 Å². The summed E-state index contributed by atoms with van der Waals surface area (Å²) in [6, 6.07) is 1.94. The highest BCUT2D eigenvalue weighted by atomic mass is 16.3. The minimum Gasteiger partial charge on any atom is -0.448 e. The number of aromatic nitrogens is 3. The molecule has 2 aromatic rings. The minimum atomic E-state index is -0.221. The third kappa shape index (κ3) is 2.77. The molecule has 6 nitrogen and oxygen atoms in total. The number of nitrogens with zero attached hydrogens (tertiary/aromatic N) is 2. The average molecular weight is 248 g/mol. The molecule has 96 valence electrons. The van der Waals surface area contributed by atoms with Crippen molar-refractivity contribution in [1.82, 2.24) is 20.5 Å². The number of nitrogens with one attached hydrogen (secondary N) is 2. The molecule has 0 spiro atoms. The van der Waals surface area contributed by atoms with E-state index in [-0.39, 0.29) is 11.9 Å². The molecule has 0 fully saturated rings. The quantitative estimate of drug-likeness (QED) is 0.856. The highest BCUT2D eigenvalue weighted by Gasteiger charge is 2.16. The molecule has 0 aliphatic heterocycles. The average Bonchev–Trinajstić information content (AvgIpc) is 2.87.